The summed E-state index contributed by atoms with van der Waals surface area (Å²) < 4.78 is 13.2. The number of hydrogen-bond donors (Lipinski definition) is 2. The zero-order valence-corrected chi connectivity index (χ0v) is 17.8. The minimum atomic E-state index is -0.221. The van der Waals surface area contributed by atoms with E-state index in [-0.39, 0.29) is 5.82 Å². The van der Waals surface area contributed by atoms with Crippen molar-refractivity contribution in [3.05, 3.63) is 76.7 Å². The summed E-state index contributed by atoms with van der Waals surface area (Å²) >= 11 is 6.37. The Morgan fingerprint density at radius 3 is 2.87 bits per heavy atom. The van der Waals surface area contributed by atoms with Crippen LogP contribution in [0.15, 0.2) is 59.7 Å². The van der Waals surface area contributed by atoms with Gasteiger partial charge in [0.05, 0.1) is 10.7 Å². The first-order chi connectivity index (χ1) is 14.7. The van der Waals surface area contributed by atoms with Crippen LogP contribution >= 0.6 is 11.6 Å². The zero-order chi connectivity index (χ0) is 21.2. The Labute approximate surface area is 183 Å². The number of benzene rings is 1. The summed E-state index contributed by atoms with van der Waals surface area (Å²) in [5.41, 5.74) is 2.40. The molecule has 1 heterocycles. The number of pyridine rings is 1. The van der Waals surface area contributed by atoms with Gasteiger partial charge in [0.2, 0.25) is 0 Å². The first-order valence-electron chi connectivity index (χ1n) is 10.4. The molecule has 30 heavy (non-hydrogen) atoms. The van der Waals surface area contributed by atoms with Gasteiger partial charge in [-0.15, -0.1) is 0 Å². The molecule has 0 atom stereocenters. The van der Waals surface area contributed by atoms with E-state index in [0.29, 0.717) is 29.9 Å². The van der Waals surface area contributed by atoms with Crippen LogP contribution < -0.4 is 10.6 Å². The Kier molecular flexibility index (Phi) is 8.60. The first-order valence-corrected chi connectivity index (χ1v) is 10.7. The van der Waals surface area contributed by atoms with E-state index in [1.54, 1.807) is 12.3 Å². The number of nitrogens with zero attached hydrogens (tertiary/aromatic N) is 2. The number of aliphatic imine (C=N–C) groups is 1. The van der Waals surface area contributed by atoms with Gasteiger partial charge in [0.15, 0.2) is 0 Å². The Bertz CT molecular complexity index is 904. The molecule has 1 fully saturated rings. The lowest BCUT2D eigenvalue weighted by atomic mass is 9.95. The maximum Gasteiger partial charge on any atom is 0.126 e. The highest BCUT2D eigenvalue weighted by molar-refractivity contribution is 6.32. The number of aromatic nitrogens is 1. The Balaban J connectivity index is 1.58. The van der Waals surface area contributed by atoms with Gasteiger partial charge in [-0.1, -0.05) is 55.1 Å². The van der Waals surface area contributed by atoms with E-state index in [4.69, 9.17) is 11.6 Å². The lowest BCUT2D eigenvalue weighted by Crippen LogP contribution is -2.22. The van der Waals surface area contributed by atoms with Crippen LogP contribution in [0.5, 0.6) is 0 Å². The van der Waals surface area contributed by atoms with Crippen molar-refractivity contribution in [3.8, 4) is 0 Å². The molecule has 2 aromatic rings. The molecule has 0 amide bonds. The molecule has 0 saturated heterocycles. The number of allylic oxidation sites excluding steroid dienone is 2. The summed E-state index contributed by atoms with van der Waals surface area (Å²) in [5.74, 6) is 0.595. The second-order valence-electron chi connectivity index (χ2n) is 7.43. The van der Waals surface area contributed by atoms with Crippen molar-refractivity contribution in [2.45, 2.75) is 44.7 Å². The molecule has 0 aliphatic heterocycles. The maximum absolute atomic E-state index is 13.2. The molecule has 4 nitrogen and oxygen atoms in total. The fourth-order valence-electron chi connectivity index (χ4n) is 3.57. The second-order valence-corrected chi connectivity index (χ2v) is 7.83. The van der Waals surface area contributed by atoms with E-state index in [0.717, 1.165) is 16.9 Å². The summed E-state index contributed by atoms with van der Waals surface area (Å²) in [6.45, 7) is 4.93. The van der Waals surface area contributed by atoms with Crippen LogP contribution in [0.25, 0.3) is 5.70 Å². The van der Waals surface area contributed by atoms with Crippen molar-refractivity contribution in [2.75, 3.05) is 11.9 Å². The van der Waals surface area contributed by atoms with Crippen LogP contribution in [0, 0.1) is 5.82 Å². The molecule has 0 bridgehead atoms. The molecule has 0 radical (unpaired) electrons. The van der Waals surface area contributed by atoms with Crippen molar-refractivity contribution in [1.29, 1.82) is 0 Å². The van der Waals surface area contributed by atoms with Crippen LogP contribution in [0.3, 0.4) is 0 Å². The van der Waals surface area contributed by atoms with E-state index in [9.17, 15) is 4.39 Å². The van der Waals surface area contributed by atoms with Gasteiger partial charge in [-0.05, 0) is 49.4 Å². The van der Waals surface area contributed by atoms with E-state index < -0.39 is 0 Å². The molecule has 1 aromatic heterocycles. The molecule has 6 heteroatoms. The molecule has 1 aliphatic carbocycles. The number of halogens is 2. The van der Waals surface area contributed by atoms with Gasteiger partial charge in [0.25, 0.3) is 0 Å². The molecule has 158 valence electrons. The van der Waals surface area contributed by atoms with Crippen molar-refractivity contribution < 1.29 is 4.39 Å². The zero-order valence-electron chi connectivity index (χ0n) is 17.1. The van der Waals surface area contributed by atoms with Crippen molar-refractivity contribution in [1.82, 2.24) is 10.3 Å². The van der Waals surface area contributed by atoms with Crippen molar-refractivity contribution in [2.24, 2.45) is 4.99 Å². The third-order valence-electron chi connectivity index (χ3n) is 5.13. The van der Waals surface area contributed by atoms with Crippen LogP contribution in [-0.2, 0) is 6.54 Å². The Morgan fingerprint density at radius 2 is 2.10 bits per heavy atom. The smallest absolute Gasteiger partial charge is 0.126 e. The highest BCUT2D eigenvalue weighted by atomic mass is 35.5. The third kappa shape index (κ3) is 6.78. The topological polar surface area (TPSA) is 49.3 Å². The monoisotopic (exact) mass is 426 g/mol. The highest BCUT2D eigenvalue weighted by Gasteiger charge is 2.14. The Hall–Kier alpha value is -2.50. The van der Waals surface area contributed by atoms with Crippen LogP contribution in [-0.4, -0.2) is 24.3 Å². The van der Waals surface area contributed by atoms with Gasteiger partial charge in [0.1, 0.15) is 11.6 Å². The SMILES string of the molecule is C=N/C(=C\C=C/CNCc1cccc(F)c1)c1cc(NC2CCCCC2)ncc1Cl. The lowest BCUT2D eigenvalue weighted by Gasteiger charge is -2.23. The molecule has 2 N–H and O–H groups in total. The quantitative estimate of drug-likeness (QED) is 0.293. The van der Waals surface area contributed by atoms with Gasteiger partial charge in [0, 0.05) is 30.9 Å². The second kappa shape index (κ2) is 11.6. The summed E-state index contributed by atoms with van der Waals surface area (Å²) in [5, 5.41) is 7.31. The molecular formula is C24H28ClFN4. The molecule has 1 aromatic carbocycles. The van der Waals surface area contributed by atoms with Gasteiger partial charge >= 0.3 is 0 Å². The fourth-order valence-corrected chi connectivity index (χ4v) is 3.77. The minimum absolute atomic E-state index is 0.221. The highest BCUT2D eigenvalue weighted by Crippen LogP contribution is 2.28. The van der Waals surface area contributed by atoms with E-state index in [1.807, 2.05) is 30.4 Å². The number of rotatable bonds is 9. The minimum Gasteiger partial charge on any atom is -0.367 e. The van der Waals surface area contributed by atoms with Crippen LogP contribution in [0.2, 0.25) is 5.02 Å². The average Bonchev–Trinajstić information content (AvgIpc) is 2.76. The summed E-state index contributed by atoms with van der Waals surface area (Å²) in [6, 6.07) is 8.98. The van der Waals surface area contributed by atoms with Gasteiger partial charge in [-0.3, -0.25) is 4.99 Å². The lowest BCUT2D eigenvalue weighted by molar-refractivity contribution is 0.462. The van der Waals surface area contributed by atoms with Crippen LogP contribution in [0.1, 0.15) is 43.2 Å². The largest absolute Gasteiger partial charge is 0.367 e. The average molecular weight is 427 g/mol. The normalized spacial score (nSPS) is 15.5. The molecule has 1 aliphatic rings. The molecular weight excluding hydrogens is 399 g/mol. The van der Waals surface area contributed by atoms with Crippen molar-refractivity contribution in [3.63, 3.8) is 0 Å². The van der Waals surface area contributed by atoms with Gasteiger partial charge in [-0.2, -0.15) is 0 Å². The molecule has 0 spiro atoms. The van der Waals surface area contributed by atoms with Gasteiger partial charge < -0.3 is 10.6 Å². The van der Waals surface area contributed by atoms with E-state index in [2.05, 4.69) is 27.3 Å². The number of anilines is 1. The molecule has 3 rings (SSSR count). The summed E-state index contributed by atoms with van der Waals surface area (Å²) in [6.07, 6.45) is 13.6. The van der Waals surface area contributed by atoms with E-state index >= 15 is 0 Å². The Morgan fingerprint density at radius 1 is 1.27 bits per heavy atom. The predicted molar refractivity (Wildman–Crippen MR) is 125 cm³/mol. The predicted octanol–water partition coefficient (Wildman–Crippen LogP) is 6.01. The standard InChI is InChI=1S/C24H28ClFN4/c1-27-23(12-5-6-13-28-16-18-8-7-9-19(26)14-18)21-15-24(29-17-22(21)25)30-20-10-3-2-4-11-20/h5-9,12,14-15,17,20,28H,1-4,10-11,13,16H2,(H,29,30)/b6-5-,23-12-. The number of hydrogen-bond acceptors (Lipinski definition) is 4. The number of nitrogens with one attached hydrogen (secondary N) is 2. The third-order valence-corrected chi connectivity index (χ3v) is 5.43. The summed E-state index contributed by atoms with van der Waals surface area (Å²) in [7, 11) is 0. The molecule has 0 unspecified atom stereocenters. The van der Waals surface area contributed by atoms with Gasteiger partial charge in [-0.25, -0.2) is 9.37 Å². The van der Waals surface area contributed by atoms with Crippen LogP contribution in [0.4, 0.5) is 10.2 Å². The summed E-state index contributed by atoms with van der Waals surface area (Å²) in [4.78, 5) is 8.56. The van der Waals surface area contributed by atoms with E-state index in [1.165, 1.54) is 44.2 Å². The fraction of sp³-hybridized carbons (Fsp3) is 0.333. The molecule has 1 saturated carbocycles. The van der Waals surface area contributed by atoms with Crippen molar-refractivity contribution >= 4 is 29.8 Å². The maximum atomic E-state index is 13.2. The first kappa shape index (κ1) is 22.2.